The monoisotopic (exact) mass is 402 g/mol. The van der Waals surface area contributed by atoms with E-state index in [1.165, 1.54) is 21.6 Å². The first-order valence-electron chi connectivity index (χ1n) is 9.69. The zero-order chi connectivity index (χ0) is 19.8. The quantitative estimate of drug-likeness (QED) is 0.626. The van der Waals surface area contributed by atoms with E-state index >= 15 is 0 Å². The molecule has 150 valence electrons. The number of thioether (sulfide) groups is 1. The van der Waals surface area contributed by atoms with Crippen LogP contribution in [0.1, 0.15) is 41.2 Å². The number of aliphatic hydroxyl groups excluding tert-OH is 4. The molecule has 0 spiro atoms. The van der Waals surface area contributed by atoms with E-state index in [0.29, 0.717) is 0 Å². The summed E-state index contributed by atoms with van der Waals surface area (Å²) in [5, 5.41) is 40.0. The van der Waals surface area contributed by atoms with E-state index in [1.807, 2.05) is 30.0 Å². The standard InChI is InChI=1S/C22H26O5S/c1-2-12-3-5-13(6-4-12)16-11-28-18-8-7-14(9-15(16)18)22-21(26)20(25)19(24)17(10-23)27-22/h3-9,16-17,19-26H,2,10-11H2,1H3/t16-,17?,19?,20?,21?,22?/m1/s1. The van der Waals surface area contributed by atoms with Crippen molar-refractivity contribution in [3.63, 3.8) is 0 Å². The van der Waals surface area contributed by atoms with Crippen molar-refractivity contribution in [2.24, 2.45) is 0 Å². The maximum absolute atomic E-state index is 10.4. The van der Waals surface area contributed by atoms with E-state index in [2.05, 4.69) is 31.2 Å². The summed E-state index contributed by atoms with van der Waals surface area (Å²) in [6, 6.07) is 14.6. The van der Waals surface area contributed by atoms with Crippen LogP contribution in [0.4, 0.5) is 0 Å². The molecule has 5 unspecified atom stereocenters. The van der Waals surface area contributed by atoms with Crippen molar-refractivity contribution < 1.29 is 25.2 Å². The number of hydrogen-bond acceptors (Lipinski definition) is 6. The van der Waals surface area contributed by atoms with Crippen molar-refractivity contribution in [1.82, 2.24) is 0 Å². The molecule has 0 aliphatic carbocycles. The van der Waals surface area contributed by atoms with Crippen LogP contribution in [0.3, 0.4) is 0 Å². The number of hydrogen-bond donors (Lipinski definition) is 4. The lowest BCUT2D eigenvalue weighted by atomic mass is 9.87. The zero-order valence-electron chi connectivity index (χ0n) is 15.7. The third kappa shape index (κ3) is 3.49. The second-order valence-corrected chi connectivity index (χ2v) is 8.57. The molecule has 2 heterocycles. The third-order valence-electron chi connectivity index (χ3n) is 5.83. The molecule has 2 aromatic rings. The van der Waals surface area contributed by atoms with Crippen molar-refractivity contribution in [3.8, 4) is 0 Å². The molecule has 28 heavy (non-hydrogen) atoms. The van der Waals surface area contributed by atoms with E-state index < -0.39 is 37.1 Å². The summed E-state index contributed by atoms with van der Waals surface area (Å²) in [4.78, 5) is 1.21. The lowest BCUT2D eigenvalue weighted by molar-refractivity contribution is -0.231. The number of fused-ring (bicyclic) bond motifs is 1. The molecule has 1 saturated heterocycles. The van der Waals surface area contributed by atoms with Crippen molar-refractivity contribution >= 4 is 11.8 Å². The molecular weight excluding hydrogens is 376 g/mol. The Morgan fingerprint density at radius 2 is 1.68 bits per heavy atom. The first-order valence-corrected chi connectivity index (χ1v) is 10.7. The van der Waals surface area contributed by atoms with Gasteiger partial charge in [-0.25, -0.2) is 0 Å². The van der Waals surface area contributed by atoms with Gasteiger partial charge in [-0.3, -0.25) is 0 Å². The topological polar surface area (TPSA) is 90.2 Å². The minimum atomic E-state index is -1.36. The van der Waals surface area contributed by atoms with E-state index in [1.54, 1.807) is 0 Å². The van der Waals surface area contributed by atoms with Gasteiger partial charge in [0.1, 0.15) is 30.5 Å². The van der Waals surface area contributed by atoms with Gasteiger partial charge in [-0.15, -0.1) is 11.8 Å². The highest BCUT2D eigenvalue weighted by Gasteiger charge is 2.44. The van der Waals surface area contributed by atoms with E-state index in [9.17, 15) is 20.4 Å². The lowest BCUT2D eigenvalue weighted by Crippen LogP contribution is -2.55. The predicted molar refractivity (Wildman–Crippen MR) is 108 cm³/mol. The van der Waals surface area contributed by atoms with Gasteiger partial charge in [-0.1, -0.05) is 43.3 Å². The van der Waals surface area contributed by atoms with Gasteiger partial charge in [0.05, 0.1) is 6.61 Å². The number of benzene rings is 2. The van der Waals surface area contributed by atoms with E-state index in [0.717, 1.165) is 17.7 Å². The first kappa shape index (κ1) is 19.9. The lowest BCUT2D eigenvalue weighted by Gasteiger charge is -2.40. The molecule has 4 N–H and O–H groups in total. The molecule has 2 aliphatic rings. The van der Waals surface area contributed by atoms with Crippen LogP contribution in [0.25, 0.3) is 0 Å². The molecule has 4 rings (SSSR count). The summed E-state index contributed by atoms with van der Waals surface area (Å²) >= 11 is 1.81. The third-order valence-corrected chi connectivity index (χ3v) is 7.01. The Hall–Kier alpha value is -1.41. The number of aryl methyl sites for hydroxylation is 1. The summed E-state index contributed by atoms with van der Waals surface area (Å²) in [5.74, 6) is 1.22. The summed E-state index contributed by atoms with van der Waals surface area (Å²) < 4.78 is 5.73. The minimum absolute atomic E-state index is 0.260. The van der Waals surface area contributed by atoms with Crippen molar-refractivity contribution in [2.45, 2.75) is 54.7 Å². The maximum Gasteiger partial charge on any atom is 0.113 e. The molecule has 2 aliphatic heterocycles. The Kier molecular flexibility index (Phi) is 5.78. The van der Waals surface area contributed by atoms with Gasteiger partial charge in [0.25, 0.3) is 0 Å². The van der Waals surface area contributed by atoms with Crippen molar-refractivity contribution in [1.29, 1.82) is 0 Å². The predicted octanol–water partition coefficient (Wildman–Crippen LogP) is 2.00. The summed E-state index contributed by atoms with van der Waals surface area (Å²) in [7, 11) is 0. The Morgan fingerprint density at radius 3 is 2.36 bits per heavy atom. The largest absolute Gasteiger partial charge is 0.394 e. The van der Waals surface area contributed by atoms with Gasteiger partial charge in [0.15, 0.2) is 0 Å². The highest BCUT2D eigenvalue weighted by atomic mass is 32.2. The zero-order valence-corrected chi connectivity index (χ0v) is 16.5. The Morgan fingerprint density at radius 1 is 0.964 bits per heavy atom. The summed E-state index contributed by atoms with van der Waals surface area (Å²) in [6.45, 7) is 1.72. The van der Waals surface area contributed by atoms with Crippen LogP contribution in [0, 0.1) is 0 Å². The molecule has 6 atom stereocenters. The number of aliphatic hydroxyl groups is 4. The normalized spacial score (nSPS) is 32.3. The molecule has 0 saturated carbocycles. The highest BCUT2D eigenvalue weighted by molar-refractivity contribution is 7.99. The second-order valence-electron chi connectivity index (χ2n) is 7.51. The van der Waals surface area contributed by atoms with Gasteiger partial charge in [-0.2, -0.15) is 0 Å². The van der Waals surface area contributed by atoms with Crippen LogP contribution < -0.4 is 0 Å². The van der Waals surface area contributed by atoms with E-state index in [4.69, 9.17) is 4.74 Å². The number of rotatable bonds is 4. The molecule has 0 bridgehead atoms. The molecular formula is C22H26O5S. The SMILES string of the molecule is CCc1ccc([C@H]2CSc3ccc(C4OC(CO)C(O)C(O)C4O)cc32)cc1. The summed E-state index contributed by atoms with van der Waals surface area (Å²) in [5.41, 5.74) is 4.50. The minimum Gasteiger partial charge on any atom is -0.394 e. The molecule has 0 amide bonds. The fourth-order valence-electron chi connectivity index (χ4n) is 4.05. The highest BCUT2D eigenvalue weighted by Crippen LogP contribution is 2.45. The van der Waals surface area contributed by atoms with Gasteiger partial charge >= 0.3 is 0 Å². The molecule has 0 radical (unpaired) electrons. The smallest absolute Gasteiger partial charge is 0.113 e. The Labute approximate surface area is 169 Å². The fourth-order valence-corrected chi connectivity index (χ4v) is 5.30. The summed E-state index contributed by atoms with van der Waals surface area (Å²) in [6.07, 6.45) is -4.65. The van der Waals surface area contributed by atoms with Gasteiger partial charge in [0.2, 0.25) is 0 Å². The van der Waals surface area contributed by atoms with Crippen molar-refractivity contribution in [3.05, 3.63) is 64.7 Å². The van der Waals surface area contributed by atoms with Crippen LogP contribution in [0.15, 0.2) is 47.4 Å². The molecule has 0 aromatic heterocycles. The van der Waals surface area contributed by atoms with E-state index in [-0.39, 0.29) is 5.92 Å². The number of ether oxygens (including phenoxy) is 1. The molecule has 1 fully saturated rings. The van der Waals surface area contributed by atoms with Gasteiger partial charge < -0.3 is 25.2 Å². The maximum atomic E-state index is 10.4. The molecule has 5 nitrogen and oxygen atoms in total. The van der Waals surface area contributed by atoms with Crippen molar-refractivity contribution in [2.75, 3.05) is 12.4 Å². The Balaban J connectivity index is 1.64. The molecule has 6 heteroatoms. The molecule has 2 aromatic carbocycles. The Bertz CT molecular complexity index is 822. The van der Waals surface area contributed by atoms with Gasteiger partial charge in [0, 0.05) is 16.6 Å². The average Bonchev–Trinajstić information content (AvgIpc) is 3.15. The van der Waals surface area contributed by atoms with Crippen LogP contribution in [0.2, 0.25) is 0 Å². The fraction of sp³-hybridized carbons (Fsp3) is 0.455. The van der Waals surface area contributed by atoms with Crippen LogP contribution >= 0.6 is 11.8 Å². The van der Waals surface area contributed by atoms with Crippen LogP contribution in [-0.4, -0.2) is 57.2 Å². The second kappa shape index (κ2) is 8.14. The van der Waals surface area contributed by atoms with Crippen LogP contribution in [0.5, 0.6) is 0 Å². The average molecular weight is 403 g/mol. The van der Waals surface area contributed by atoms with Crippen LogP contribution in [-0.2, 0) is 11.2 Å². The van der Waals surface area contributed by atoms with Gasteiger partial charge in [-0.05, 0) is 34.7 Å². The first-order chi connectivity index (χ1) is 13.5.